The first-order valence-electron chi connectivity index (χ1n) is 11.8. The summed E-state index contributed by atoms with van der Waals surface area (Å²) in [7, 11) is 1.68. The number of carbonyl (C=O) groups excluding carboxylic acids is 1. The molecule has 2 aromatic carbocycles. The number of Topliss-reactive ketones (excluding diaryl/α,β-unsaturated/α-hetero) is 1. The molecule has 8 heteroatoms. The Morgan fingerprint density at radius 3 is 2.59 bits per heavy atom. The number of nitrogens with zero attached hydrogens (tertiary/aromatic N) is 5. The van der Waals surface area contributed by atoms with E-state index in [0.717, 1.165) is 42.1 Å². The summed E-state index contributed by atoms with van der Waals surface area (Å²) in [6.07, 6.45) is 0.930. The lowest BCUT2D eigenvalue weighted by Crippen LogP contribution is -2.37. The van der Waals surface area contributed by atoms with Crippen LogP contribution >= 0.6 is 0 Å². The maximum absolute atomic E-state index is 13.4. The number of ketones is 1. The van der Waals surface area contributed by atoms with Crippen LogP contribution in [-0.4, -0.2) is 59.4 Å². The van der Waals surface area contributed by atoms with Crippen molar-refractivity contribution < 1.29 is 14.3 Å². The number of rotatable bonds is 7. The Kier molecular flexibility index (Phi) is 6.97. The number of methoxy groups -OCH3 is 1. The van der Waals surface area contributed by atoms with Gasteiger partial charge in [0.15, 0.2) is 5.78 Å². The Hall–Kier alpha value is -3.26. The van der Waals surface area contributed by atoms with Gasteiger partial charge in [-0.25, -0.2) is 0 Å². The number of anilines is 1. The normalized spacial score (nSPS) is 14.3. The van der Waals surface area contributed by atoms with Crippen molar-refractivity contribution >= 4 is 11.5 Å². The highest BCUT2D eigenvalue weighted by atomic mass is 16.5. The van der Waals surface area contributed by atoms with Crippen LogP contribution in [0.25, 0.3) is 11.4 Å². The number of tetrazole rings is 1. The lowest BCUT2D eigenvalue weighted by Gasteiger charge is -2.33. The van der Waals surface area contributed by atoms with E-state index in [1.165, 1.54) is 10.4 Å². The first-order chi connectivity index (χ1) is 16.3. The summed E-state index contributed by atoms with van der Waals surface area (Å²) in [6, 6.07) is 11.9. The second-order valence-electron chi connectivity index (χ2n) is 9.55. The van der Waals surface area contributed by atoms with Crippen molar-refractivity contribution in [2.75, 3.05) is 38.3 Å². The van der Waals surface area contributed by atoms with E-state index in [4.69, 9.17) is 9.47 Å². The summed E-state index contributed by atoms with van der Waals surface area (Å²) in [5.74, 6) is 1.25. The summed E-state index contributed by atoms with van der Waals surface area (Å²) >= 11 is 0. The number of hydrogen-bond acceptors (Lipinski definition) is 7. The lowest BCUT2D eigenvalue weighted by molar-refractivity contribution is 0.0961. The van der Waals surface area contributed by atoms with Crippen LogP contribution < -0.4 is 9.64 Å². The van der Waals surface area contributed by atoms with Gasteiger partial charge in [-0.1, -0.05) is 45.9 Å². The molecule has 0 spiro atoms. The molecule has 180 valence electrons. The summed E-state index contributed by atoms with van der Waals surface area (Å²) in [4.78, 5) is 17.0. The van der Waals surface area contributed by atoms with Gasteiger partial charge in [0.25, 0.3) is 0 Å². The Bertz CT molecular complexity index is 1160. The van der Waals surface area contributed by atoms with Crippen molar-refractivity contribution in [3.8, 4) is 17.1 Å². The van der Waals surface area contributed by atoms with E-state index in [-0.39, 0.29) is 17.7 Å². The molecule has 1 aliphatic rings. The molecule has 2 heterocycles. The standard InChI is InChI=1S/C26H33N5O3/c1-6-18-8-7-9-19(14-18)25-27-29-31(28-25)17-23(32)20-15-21(26(2,3)4)24(33-5)22(16-20)30-10-12-34-13-11-30/h7-9,14-16H,6,10-13,17H2,1-5H3. The van der Waals surface area contributed by atoms with E-state index in [9.17, 15) is 4.79 Å². The van der Waals surface area contributed by atoms with E-state index in [1.54, 1.807) is 7.11 Å². The SMILES string of the molecule is CCc1cccc(-c2nnn(CC(=O)c3cc(N4CCOCC4)c(OC)c(C(C)(C)C)c3)n2)c1. The number of aryl methyl sites for hydroxylation is 1. The van der Waals surface area contributed by atoms with Crippen molar-refractivity contribution in [2.24, 2.45) is 0 Å². The molecule has 0 aliphatic carbocycles. The second-order valence-corrected chi connectivity index (χ2v) is 9.55. The van der Waals surface area contributed by atoms with Crippen LogP contribution in [0.4, 0.5) is 5.69 Å². The van der Waals surface area contributed by atoms with Gasteiger partial charge in [-0.15, -0.1) is 10.2 Å². The Balaban J connectivity index is 1.64. The van der Waals surface area contributed by atoms with Gasteiger partial charge in [0.05, 0.1) is 26.0 Å². The molecule has 0 bridgehead atoms. The molecule has 0 unspecified atom stereocenters. The van der Waals surface area contributed by atoms with Crippen LogP contribution in [0.2, 0.25) is 0 Å². The van der Waals surface area contributed by atoms with Crippen LogP contribution in [0, 0.1) is 0 Å². The van der Waals surface area contributed by atoms with E-state index in [2.05, 4.69) is 60.1 Å². The molecule has 0 saturated carbocycles. The van der Waals surface area contributed by atoms with Gasteiger partial charge in [0, 0.05) is 29.8 Å². The Labute approximate surface area is 200 Å². The number of ether oxygens (including phenoxy) is 2. The average Bonchev–Trinajstić information content (AvgIpc) is 3.31. The molecule has 4 rings (SSSR count). The number of carbonyl (C=O) groups is 1. The molecular weight excluding hydrogens is 430 g/mol. The van der Waals surface area contributed by atoms with Gasteiger partial charge >= 0.3 is 0 Å². The van der Waals surface area contributed by atoms with Gasteiger partial charge in [0.1, 0.15) is 12.3 Å². The van der Waals surface area contributed by atoms with Crippen LogP contribution in [0.5, 0.6) is 5.75 Å². The van der Waals surface area contributed by atoms with Crippen LogP contribution in [0.15, 0.2) is 36.4 Å². The molecular formula is C26H33N5O3. The minimum Gasteiger partial charge on any atom is -0.494 e. The molecule has 8 nitrogen and oxygen atoms in total. The molecule has 0 atom stereocenters. The van der Waals surface area contributed by atoms with Crippen molar-refractivity contribution in [2.45, 2.75) is 46.1 Å². The summed E-state index contributed by atoms with van der Waals surface area (Å²) in [6.45, 7) is 11.3. The van der Waals surface area contributed by atoms with Crippen molar-refractivity contribution in [3.05, 3.63) is 53.1 Å². The van der Waals surface area contributed by atoms with Gasteiger partial charge < -0.3 is 14.4 Å². The Morgan fingerprint density at radius 1 is 1.15 bits per heavy atom. The molecule has 0 amide bonds. The number of morpholine rings is 1. The molecule has 3 aromatic rings. The fourth-order valence-corrected chi connectivity index (χ4v) is 4.16. The topological polar surface area (TPSA) is 82.4 Å². The minimum absolute atomic E-state index is 0.0128. The zero-order valence-corrected chi connectivity index (χ0v) is 20.7. The average molecular weight is 464 g/mol. The zero-order chi connectivity index (χ0) is 24.3. The highest BCUT2D eigenvalue weighted by Gasteiger charge is 2.27. The van der Waals surface area contributed by atoms with Gasteiger partial charge in [0.2, 0.25) is 5.82 Å². The van der Waals surface area contributed by atoms with E-state index in [0.29, 0.717) is 24.6 Å². The first-order valence-corrected chi connectivity index (χ1v) is 11.8. The smallest absolute Gasteiger partial charge is 0.204 e. The Morgan fingerprint density at radius 2 is 1.91 bits per heavy atom. The predicted octanol–water partition coefficient (Wildman–Crippen LogP) is 3.93. The third-order valence-electron chi connectivity index (χ3n) is 6.09. The molecule has 0 radical (unpaired) electrons. The quantitative estimate of drug-likeness (QED) is 0.491. The van der Waals surface area contributed by atoms with E-state index < -0.39 is 0 Å². The van der Waals surface area contributed by atoms with Gasteiger partial charge in [-0.3, -0.25) is 4.79 Å². The molecule has 1 aliphatic heterocycles. The second kappa shape index (κ2) is 9.93. The zero-order valence-electron chi connectivity index (χ0n) is 20.7. The van der Waals surface area contributed by atoms with Crippen LogP contribution in [0.3, 0.4) is 0 Å². The van der Waals surface area contributed by atoms with Gasteiger partial charge in [-0.2, -0.15) is 4.80 Å². The minimum atomic E-state index is -0.203. The maximum Gasteiger partial charge on any atom is 0.204 e. The predicted molar refractivity (Wildman–Crippen MR) is 132 cm³/mol. The third kappa shape index (κ3) is 5.12. The van der Waals surface area contributed by atoms with E-state index >= 15 is 0 Å². The summed E-state index contributed by atoms with van der Waals surface area (Å²) in [5, 5.41) is 12.8. The molecule has 0 N–H and O–H groups in total. The van der Waals surface area contributed by atoms with Crippen molar-refractivity contribution in [1.82, 2.24) is 20.2 Å². The van der Waals surface area contributed by atoms with Crippen molar-refractivity contribution in [1.29, 1.82) is 0 Å². The maximum atomic E-state index is 13.4. The van der Waals surface area contributed by atoms with Crippen molar-refractivity contribution in [3.63, 3.8) is 0 Å². The fraction of sp³-hybridized carbons (Fsp3) is 0.462. The molecule has 1 saturated heterocycles. The number of benzene rings is 2. The highest BCUT2D eigenvalue weighted by Crippen LogP contribution is 2.40. The summed E-state index contributed by atoms with van der Waals surface area (Å²) < 4.78 is 11.4. The lowest BCUT2D eigenvalue weighted by atomic mass is 9.84. The van der Waals surface area contributed by atoms with Crippen LogP contribution in [-0.2, 0) is 23.1 Å². The number of aromatic nitrogens is 4. The number of hydrogen-bond donors (Lipinski definition) is 0. The van der Waals surface area contributed by atoms with Crippen LogP contribution in [0.1, 0.15) is 49.2 Å². The largest absolute Gasteiger partial charge is 0.494 e. The third-order valence-corrected chi connectivity index (χ3v) is 6.09. The van der Waals surface area contributed by atoms with Gasteiger partial charge in [-0.05, 0) is 40.8 Å². The summed E-state index contributed by atoms with van der Waals surface area (Å²) in [5.41, 5.74) is 4.42. The molecule has 1 fully saturated rings. The highest BCUT2D eigenvalue weighted by molar-refractivity contribution is 5.97. The van der Waals surface area contributed by atoms with E-state index in [1.807, 2.05) is 24.3 Å². The molecule has 34 heavy (non-hydrogen) atoms. The fourth-order valence-electron chi connectivity index (χ4n) is 4.16. The monoisotopic (exact) mass is 463 g/mol. The molecule has 1 aromatic heterocycles. The first kappa shape index (κ1) is 23.9.